The van der Waals surface area contributed by atoms with Crippen molar-refractivity contribution in [2.45, 2.75) is 31.2 Å². The number of rotatable bonds is 6. The van der Waals surface area contributed by atoms with Crippen molar-refractivity contribution < 1.29 is 4.74 Å². The zero-order valence-corrected chi connectivity index (χ0v) is 11.1. The largest absolute Gasteiger partial charge is 0.377 e. The summed E-state index contributed by atoms with van der Waals surface area (Å²) in [6.07, 6.45) is 3.46. The van der Waals surface area contributed by atoms with Gasteiger partial charge in [-0.2, -0.15) is 11.8 Å². The average molecular weight is 252 g/mol. The number of nitrogens with zero attached hydrogens (tertiary/aromatic N) is 1. The molecular weight excluding hydrogens is 232 g/mol. The highest BCUT2D eigenvalue weighted by atomic mass is 32.2. The van der Waals surface area contributed by atoms with Gasteiger partial charge >= 0.3 is 0 Å². The molecule has 0 radical (unpaired) electrons. The summed E-state index contributed by atoms with van der Waals surface area (Å²) >= 11 is 2.02. The predicted molar refractivity (Wildman–Crippen MR) is 72.2 cm³/mol. The fourth-order valence-electron chi connectivity index (χ4n) is 1.93. The van der Waals surface area contributed by atoms with Crippen molar-refractivity contribution in [2.75, 3.05) is 18.9 Å². The lowest BCUT2D eigenvalue weighted by Crippen LogP contribution is -2.20. The lowest BCUT2D eigenvalue weighted by atomic mass is 10.3. The Balaban J connectivity index is 1.55. The van der Waals surface area contributed by atoms with Crippen molar-refractivity contribution in [3.8, 4) is 0 Å². The van der Waals surface area contributed by atoms with Crippen LogP contribution in [0.1, 0.15) is 19.0 Å². The molecule has 94 valence electrons. The molecule has 0 saturated carbocycles. The van der Waals surface area contributed by atoms with Crippen LogP contribution in [0, 0.1) is 0 Å². The molecule has 1 aromatic rings. The number of thioether (sulfide) groups is 1. The molecule has 3 nitrogen and oxygen atoms in total. The first-order valence-corrected chi connectivity index (χ1v) is 7.25. The summed E-state index contributed by atoms with van der Waals surface area (Å²) in [5, 5.41) is 4.10. The normalized spacial score (nSPS) is 24.1. The van der Waals surface area contributed by atoms with E-state index in [1.807, 2.05) is 36.2 Å². The lowest BCUT2D eigenvalue weighted by molar-refractivity contribution is 0.127. The van der Waals surface area contributed by atoms with Gasteiger partial charge in [0.1, 0.15) is 0 Å². The standard InChI is InChI=1S/C13H20N2OS/c1-11-13(5-8-16-11)17-9-7-14-10-12-4-2-3-6-15-12/h2-4,6,11,13-14H,5,7-10H2,1H3. The van der Waals surface area contributed by atoms with E-state index < -0.39 is 0 Å². The number of ether oxygens (including phenoxy) is 1. The highest BCUT2D eigenvalue weighted by molar-refractivity contribution is 8.00. The van der Waals surface area contributed by atoms with Gasteiger partial charge in [0.2, 0.25) is 0 Å². The number of nitrogens with one attached hydrogen (secondary N) is 1. The van der Waals surface area contributed by atoms with Gasteiger partial charge in [0.05, 0.1) is 11.8 Å². The van der Waals surface area contributed by atoms with E-state index in [-0.39, 0.29) is 0 Å². The number of hydrogen-bond donors (Lipinski definition) is 1. The molecule has 0 bridgehead atoms. The maximum Gasteiger partial charge on any atom is 0.0666 e. The molecule has 2 rings (SSSR count). The molecule has 1 aromatic heterocycles. The third-order valence-corrected chi connectivity index (χ3v) is 4.44. The summed E-state index contributed by atoms with van der Waals surface area (Å²) in [6.45, 7) is 4.99. The monoisotopic (exact) mass is 252 g/mol. The van der Waals surface area contributed by atoms with E-state index in [9.17, 15) is 0 Å². The minimum atomic E-state index is 0.427. The predicted octanol–water partition coefficient (Wildman–Crippen LogP) is 2.08. The number of aromatic nitrogens is 1. The summed E-state index contributed by atoms with van der Waals surface area (Å²) in [7, 11) is 0. The molecule has 17 heavy (non-hydrogen) atoms. The minimum absolute atomic E-state index is 0.427. The first-order valence-electron chi connectivity index (χ1n) is 6.20. The average Bonchev–Trinajstić information content (AvgIpc) is 2.76. The van der Waals surface area contributed by atoms with Crippen LogP contribution in [0.25, 0.3) is 0 Å². The highest BCUT2D eigenvalue weighted by Crippen LogP contribution is 2.25. The molecule has 1 N–H and O–H groups in total. The van der Waals surface area contributed by atoms with Gasteiger partial charge in [-0.05, 0) is 25.5 Å². The molecule has 1 aliphatic rings. The topological polar surface area (TPSA) is 34.1 Å². The Bertz CT molecular complexity index is 320. The van der Waals surface area contributed by atoms with Crippen LogP contribution in [0.4, 0.5) is 0 Å². The first-order chi connectivity index (χ1) is 8.36. The van der Waals surface area contributed by atoms with Crippen molar-refractivity contribution in [3.05, 3.63) is 30.1 Å². The SMILES string of the molecule is CC1OCCC1SCCNCc1ccccn1. The third kappa shape index (κ3) is 4.30. The van der Waals surface area contributed by atoms with Crippen LogP contribution in [0.5, 0.6) is 0 Å². The van der Waals surface area contributed by atoms with Gasteiger partial charge in [0.25, 0.3) is 0 Å². The zero-order chi connectivity index (χ0) is 11.9. The van der Waals surface area contributed by atoms with Crippen LogP contribution in [-0.2, 0) is 11.3 Å². The Kier molecular flexibility index (Phi) is 5.29. The molecule has 1 aliphatic heterocycles. The Morgan fingerprint density at radius 2 is 2.47 bits per heavy atom. The van der Waals surface area contributed by atoms with E-state index >= 15 is 0 Å². The van der Waals surface area contributed by atoms with Gasteiger partial charge < -0.3 is 10.1 Å². The molecule has 0 spiro atoms. The maximum atomic E-state index is 5.54. The third-order valence-electron chi connectivity index (χ3n) is 2.95. The second-order valence-electron chi connectivity index (χ2n) is 4.27. The van der Waals surface area contributed by atoms with Gasteiger partial charge in [0, 0.05) is 36.9 Å². The van der Waals surface area contributed by atoms with Crippen LogP contribution >= 0.6 is 11.8 Å². The Morgan fingerprint density at radius 1 is 1.53 bits per heavy atom. The van der Waals surface area contributed by atoms with Gasteiger partial charge in [0.15, 0.2) is 0 Å². The molecule has 2 unspecified atom stereocenters. The fraction of sp³-hybridized carbons (Fsp3) is 0.615. The van der Waals surface area contributed by atoms with E-state index in [1.165, 1.54) is 6.42 Å². The zero-order valence-electron chi connectivity index (χ0n) is 10.3. The molecule has 1 saturated heterocycles. The quantitative estimate of drug-likeness (QED) is 0.786. The highest BCUT2D eigenvalue weighted by Gasteiger charge is 2.23. The first kappa shape index (κ1) is 12.9. The van der Waals surface area contributed by atoms with E-state index in [2.05, 4.69) is 17.2 Å². The van der Waals surface area contributed by atoms with Gasteiger partial charge in [-0.3, -0.25) is 4.98 Å². The molecule has 0 amide bonds. The van der Waals surface area contributed by atoms with Gasteiger partial charge in [-0.15, -0.1) is 0 Å². The molecule has 2 heterocycles. The maximum absolute atomic E-state index is 5.54. The van der Waals surface area contributed by atoms with Gasteiger partial charge in [-0.1, -0.05) is 6.07 Å². The van der Waals surface area contributed by atoms with Crippen molar-refractivity contribution >= 4 is 11.8 Å². The Morgan fingerprint density at radius 3 is 3.18 bits per heavy atom. The Hall–Kier alpha value is -0.580. The Labute approximate surface area is 107 Å². The molecule has 2 atom stereocenters. The van der Waals surface area contributed by atoms with Crippen molar-refractivity contribution in [1.82, 2.24) is 10.3 Å². The smallest absolute Gasteiger partial charge is 0.0666 e. The van der Waals surface area contributed by atoms with Crippen molar-refractivity contribution in [1.29, 1.82) is 0 Å². The molecule has 1 fully saturated rings. The second-order valence-corrected chi connectivity index (χ2v) is 5.62. The number of pyridine rings is 1. The van der Waals surface area contributed by atoms with E-state index in [4.69, 9.17) is 4.74 Å². The van der Waals surface area contributed by atoms with E-state index in [0.29, 0.717) is 11.4 Å². The molecular formula is C13H20N2OS. The van der Waals surface area contributed by atoms with E-state index in [1.54, 1.807) is 0 Å². The summed E-state index contributed by atoms with van der Waals surface area (Å²) in [5.74, 6) is 1.14. The lowest BCUT2D eigenvalue weighted by Gasteiger charge is -2.13. The van der Waals surface area contributed by atoms with Crippen LogP contribution in [0.2, 0.25) is 0 Å². The van der Waals surface area contributed by atoms with Crippen molar-refractivity contribution in [3.63, 3.8) is 0 Å². The summed E-state index contributed by atoms with van der Waals surface area (Å²) in [5.41, 5.74) is 1.11. The summed E-state index contributed by atoms with van der Waals surface area (Å²) < 4.78 is 5.54. The minimum Gasteiger partial charge on any atom is -0.377 e. The summed E-state index contributed by atoms with van der Waals surface area (Å²) in [6, 6.07) is 6.02. The molecule has 4 heteroatoms. The number of hydrogen-bond acceptors (Lipinski definition) is 4. The van der Waals surface area contributed by atoms with Crippen LogP contribution in [0.3, 0.4) is 0 Å². The molecule has 0 aliphatic carbocycles. The fourth-order valence-corrected chi connectivity index (χ4v) is 3.11. The van der Waals surface area contributed by atoms with Crippen LogP contribution in [0.15, 0.2) is 24.4 Å². The van der Waals surface area contributed by atoms with Crippen LogP contribution in [-0.4, -0.2) is 35.2 Å². The van der Waals surface area contributed by atoms with E-state index in [0.717, 1.165) is 31.1 Å². The second kappa shape index (κ2) is 6.99. The van der Waals surface area contributed by atoms with Gasteiger partial charge in [-0.25, -0.2) is 0 Å². The summed E-state index contributed by atoms with van der Waals surface area (Å²) in [4.78, 5) is 4.28. The van der Waals surface area contributed by atoms with Crippen LogP contribution < -0.4 is 5.32 Å². The van der Waals surface area contributed by atoms with Crippen molar-refractivity contribution in [2.24, 2.45) is 0 Å². The molecule has 0 aromatic carbocycles.